The summed E-state index contributed by atoms with van der Waals surface area (Å²) in [4.78, 5) is 23.2. The molecule has 0 unspecified atom stereocenters. The van der Waals surface area contributed by atoms with E-state index in [0.717, 1.165) is 21.6 Å². The molecule has 1 aromatic heterocycles. The maximum Gasteiger partial charge on any atom is 0.311 e. The Morgan fingerprint density at radius 1 is 1.17 bits per heavy atom. The molecular weight excluding hydrogens is 312 g/mol. The molecule has 1 heterocycles. The summed E-state index contributed by atoms with van der Waals surface area (Å²) in [6.45, 7) is 3.72. The van der Waals surface area contributed by atoms with Gasteiger partial charge in [0.25, 0.3) is 0 Å². The van der Waals surface area contributed by atoms with Crippen molar-refractivity contribution in [2.75, 3.05) is 0 Å². The van der Waals surface area contributed by atoms with Crippen LogP contribution in [-0.2, 0) is 9.59 Å². The Labute approximate surface area is 139 Å². The summed E-state index contributed by atoms with van der Waals surface area (Å²) in [6.07, 6.45) is 3.51. The second-order valence-corrected chi connectivity index (χ2v) is 6.16. The zero-order valence-corrected chi connectivity index (χ0v) is 13.8. The zero-order chi connectivity index (χ0) is 16.8. The molecule has 0 bridgehead atoms. The molecule has 0 aliphatic heterocycles. The lowest BCUT2D eigenvalue weighted by molar-refractivity contribution is -0.305. The number of aryl methyl sites for hydroxylation is 2. The van der Waals surface area contributed by atoms with E-state index in [-0.39, 0.29) is 12.8 Å². The summed E-state index contributed by atoms with van der Waals surface area (Å²) in [7, 11) is 0. The van der Waals surface area contributed by atoms with Crippen LogP contribution < -0.4 is 9.84 Å². The molecule has 2 aromatic rings. The van der Waals surface area contributed by atoms with E-state index in [0.29, 0.717) is 5.75 Å². The summed E-state index contributed by atoms with van der Waals surface area (Å²) in [5.74, 6) is -1.34. The van der Waals surface area contributed by atoms with Crippen LogP contribution in [0.4, 0.5) is 0 Å². The lowest BCUT2D eigenvalue weighted by atomic mass is 10.1. The van der Waals surface area contributed by atoms with E-state index in [1.165, 1.54) is 0 Å². The molecule has 23 heavy (non-hydrogen) atoms. The van der Waals surface area contributed by atoms with E-state index >= 15 is 0 Å². The van der Waals surface area contributed by atoms with Crippen LogP contribution in [0.1, 0.15) is 34.4 Å². The average Bonchev–Trinajstić information content (AvgIpc) is 3.00. The average molecular weight is 329 g/mol. The monoisotopic (exact) mass is 329 g/mol. The SMILES string of the molecule is Cc1cc(C=Cc2cccs2)cc(C)c1OC(=O)CCC(=O)[O-]. The minimum Gasteiger partial charge on any atom is -0.550 e. The number of hydrogen-bond acceptors (Lipinski definition) is 5. The number of benzene rings is 1. The standard InChI is InChI=1S/C18H18O4S/c1-12-10-14(5-6-15-4-3-9-23-15)11-13(2)18(12)22-17(21)8-7-16(19)20/h3-6,9-11H,7-8H2,1-2H3,(H,19,20)/p-1. The van der Waals surface area contributed by atoms with E-state index in [1.807, 2.05) is 55.6 Å². The van der Waals surface area contributed by atoms with Crippen LogP contribution in [0.5, 0.6) is 5.75 Å². The molecule has 120 valence electrons. The first kappa shape index (κ1) is 17.0. The number of aliphatic carboxylic acids is 1. The van der Waals surface area contributed by atoms with Crippen molar-refractivity contribution in [2.24, 2.45) is 0 Å². The Morgan fingerprint density at radius 2 is 1.87 bits per heavy atom. The van der Waals surface area contributed by atoms with Gasteiger partial charge in [-0.2, -0.15) is 0 Å². The maximum absolute atomic E-state index is 11.7. The van der Waals surface area contributed by atoms with Crippen molar-refractivity contribution in [1.82, 2.24) is 0 Å². The predicted molar refractivity (Wildman–Crippen MR) is 89.0 cm³/mol. The van der Waals surface area contributed by atoms with Crippen LogP contribution in [-0.4, -0.2) is 11.9 Å². The Hall–Kier alpha value is -2.40. The lowest BCUT2D eigenvalue weighted by Gasteiger charge is -2.12. The van der Waals surface area contributed by atoms with Gasteiger partial charge in [-0.05, 0) is 66.6 Å². The molecule has 0 aliphatic rings. The number of carbonyl (C=O) groups is 2. The Kier molecular flexibility index (Phi) is 5.71. The van der Waals surface area contributed by atoms with Gasteiger partial charge in [0.2, 0.25) is 0 Å². The van der Waals surface area contributed by atoms with Gasteiger partial charge in [0.05, 0.1) is 6.42 Å². The lowest BCUT2D eigenvalue weighted by Crippen LogP contribution is -2.23. The Morgan fingerprint density at radius 3 is 2.43 bits per heavy atom. The smallest absolute Gasteiger partial charge is 0.311 e. The number of ether oxygens (including phenoxy) is 1. The number of hydrogen-bond donors (Lipinski definition) is 0. The number of thiophene rings is 1. The number of esters is 1. The largest absolute Gasteiger partial charge is 0.550 e. The maximum atomic E-state index is 11.7. The molecule has 0 fully saturated rings. The van der Waals surface area contributed by atoms with Gasteiger partial charge >= 0.3 is 5.97 Å². The molecule has 5 heteroatoms. The predicted octanol–water partition coefficient (Wildman–Crippen LogP) is 2.97. The molecule has 0 atom stereocenters. The molecule has 0 saturated heterocycles. The highest BCUT2D eigenvalue weighted by Crippen LogP contribution is 2.26. The molecule has 1 aromatic carbocycles. The summed E-state index contributed by atoms with van der Waals surface area (Å²) in [6, 6.07) is 7.89. The van der Waals surface area contributed by atoms with Crippen LogP contribution in [0.25, 0.3) is 12.2 Å². The zero-order valence-electron chi connectivity index (χ0n) is 13.0. The Bertz CT molecular complexity index is 706. The summed E-state index contributed by atoms with van der Waals surface area (Å²) in [5, 5.41) is 12.4. The fraction of sp³-hybridized carbons (Fsp3) is 0.222. The molecule has 0 saturated carbocycles. The highest BCUT2D eigenvalue weighted by Gasteiger charge is 2.11. The van der Waals surface area contributed by atoms with E-state index in [9.17, 15) is 14.7 Å². The van der Waals surface area contributed by atoms with Crippen LogP contribution >= 0.6 is 11.3 Å². The van der Waals surface area contributed by atoms with Gasteiger partial charge in [-0.3, -0.25) is 4.79 Å². The summed E-state index contributed by atoms with van der Waals surface area (Å²) < 4.78 is 5.28. The third-order valence-electron chi connectivity index (χ3n) is 3.22. The first-order chi connectivity index (χ1) is 11.0. The summed E-state index contributed by atoms with van der Waals surface area (Å²) in [5.41, 5.74) is 2.68. The van der Waals surface area contributed by atoms with Crippen LogP contribution in [0.2, 0.25) is 0 Å². The number of rotatable bonds is 6. The number of carboxylic acids is 1. The fourth-order valence-electron chi connectivity index (χ4n) is 2.17. The van der Waals surface area contributed by atoms with Gasteiger partial charge in [-0.15, -0.1) is 11.3 Å². The van der Waals surface area contributed by atoms with Crippen molar-refractivity contribution in [2.45, 2.75) is 26.7 Å². The molecule has 0 aliphatic carbocycles. The van der Waals surface area contributed by atoms with Gasteiger partial charge in [-0.1, -0.05) is 12.1 Å². The highest BCUT2D eigenvalue weighted by atomic mass is 32.1. The summed E-state index contributed by atoms with van der Waals surface area (Å²) >= 11 is 1.66. The normalized spacial score (nSPS) is 10.9. The van der Waals surface area contributed by atoms with Gasteiger partial charge in [0, 0.05) is 10.8 Å². The van der Waals surface area contributed by atoms with Crippen LogP contribution in [0.15, 0.2) is 29.6 Å². The van der Waals surface area contributed by atoms with E-state index in [4.69, 9.17) is 4.74 Å². The van der Waals surface area contributed by atoms with Crippen molar-refractivity contribution in [3.05, 3.63) is 51.2 Å². The first-order valence-electron chi connectivity index (χ1n) is 7.19. The second kappa shape index (κ2) is 7.74. The van der Waals surface area contributed by atoms with Gasteiger partial charge in [-0.25, -0.2) is 0 Å². The molecule has 0 radical (unpaired) electrons. The Balaban J connectivity index is 2.10. The van der Waals surface area contributed by atoms with Crippen LogP contribution in [0.3, 0.4) is 0 Å². The molecule has 4 nitrogen and oxygen atoms in total. The van der Waals surface area contributed by atoms with Gasteiger partial charge in [0.15, 0.2) is 0 Å². The quantitative estimate of drug-likeness (QED) is 0.603. The molecule has 0 N–H and O–H groups in total. The van der Waals surface area contributed by atoms with Crippen molar-refractivity contribution >= 4 is 35.4 Å². The number of carboxylic acid groups (broad SMARTS) is 1. The van der Waals surface area contributed by atoms with E-state index in [1.54, 1.807) is 11.3 Å². The molecule has 2 rings (SSSR count). The van der Waals surface area contributed by atoms with Crippen molar-refractivity contribution in [1.29, 1.82) is 0 Å². The second-order valence-electron chi connectivity index (χ2n) is 5.18. The topological polar surface area (TPSA) is 66.4 Å². The van der Waals surface area contributed by atoms with Crippen molar-refractivity contribution < 1.29 is 19.4 Å². The van der Waals surface area contributed by atoms with E-state index in [2.05, 4.69) is 0 Å². The highest BCUT2D eigenvalue weighted by molar-refractivity contribution is 7.10. The minimum absolute atomic E-state index is 0.193. The van der Waals surface area contributed by atoms with Crippen molar-refractivity contribution in [3.63, 3.8) is 0 Å². The van der Waals surface area contributed by atoms with Gasteiger partial charge < -0.3 is 14.6 Å². The molecule has 0 spiro atoms. The third kappa shape index (κ3) is 5.07. The van der Waals surface area contributed by atoms with Crippen LogP contribution in [0, 0.1) is 13.8 Å². The fourth-order valence-corrected chi connectivity index (χ4v) is 2.79. The van der Waals surface area contributed by atoms with Crippen molar-refractivity contribution in [3.8, 4) is 5.75 Å². The molecule has 0 amide bonds. The molecular formula is C18H17O4S-. The first-order valence-corrected chi connectivity index (χ1v) is 8.07. The van der Waals surface area contributed by atoms with Gasteiger partial charge in [0.1, 0.15) is 5.75 Å². The minimum atomic E-state index is -1.26. The number of carbonyl (C=O) groups excluding carboxylic acids is 2. The van der Waals surface area contributed by atoms with E-state index < -0.39 is 11.9 Å². The third-order valence-corrected chi connectivity index (χ3v) is 4.05.